The highest BCUT2D eigenvalue weighted by Crippen LogP contribution is 2.32. The molecular formula is C28H26F3N7O. The molecule has 0 saturated carbocycles. The number of rotatable bonds is 7. The Morgan fingerprint density at radius 3 is 2.46 bits per heavy atom. The summed E-state index contributed by atoms with van der Waals surface area (Å²) in [6, 6.07) is 13.6. The fourth-order valence-electron chi connectivity index (χ4n) is 4.29. The summed E-state index contributed by atoms with van der Waals surface area (Å²) in [5.74, 6) is 0.694. The molecule has 4 heterocycles. The molecule has 8 nitrogen and oxygen atoms in total. The van der Waals surface area contributed by atoms with Crippen molar-refractivity contribution >= 4 is 28.2 Å². The number of anilines is 3. The topological polar surface area (TPSA) is 81.0 Å². The summed E-state index contributed by atoms with van der Waals surface area (Å²) in [7, 11) is 4.92. The average molecular weight is 534 g/mol. The zero-order chi connectivity index (χ0) is 27.7. The van der Waals surface area contributed by atoms with Crippen LogP contribution in [0.5, 0.6) is 5.75 Å². The lowest BCUT2D eigenvalue weighted by molar-refractivity contribution is -0.146. The van der Waals surface area contributed by atoms with Gasteiger partial charge in [-0.1, -0.05) is 12.1 Å². The van der Waals surface area contributed by atoms with Crippen molar-refractivity contribution in [1.29, 1.82) is 0 Å². The van der Waals surface area contributed by atoms with Crippen LogP contribution in [0.15, 0.2) is 67.3 Å². The smallest absolute Gasteiger partial charge is 0.449 e. The fourth-order valence-corrected chi connectivity index (χ4v) is 4.29. The second-order valence-corrected chi connectivity index (χ2v) is 9.20. The quantitative estimate of drug-likeness (QED) is 0.269. The van der Waals surface area contributed by atoms with E-state index >= 15 is 0 Å². The summed E-state index contributed by atoms with van der Waals surface area (Å²) in [5, 5.41) is 3.77. The van der Waals surface area contributed by atoms with E-state index in [4.69, 9.17) is 4.74 Å². The number of nitrogens with zero attached hydrogens (tertiary/aromatic N) is 6. The molecule has 5 aromatic rings. The molecule has 0 spiro atoms. The van der Waals surface area contributed by atoms with Crippen LogP contribution in [0.1, 0.15) is 17.1 Å². The number of fused-ring (bicyclic) bond motifs is 1. The second-order valence-electron chi connectivity index (χ2n) is 9.20. The maximum atomic E-state index is 13.1. The van der Waals surface area contributed by atoms with Gasteiger partial charge in [0, 0.05) is 67.5 Å². The van der Waals surface area contributed by atoms with Crippen LogP contribution in [0.2, 0.25) is 0 Å². The molecular weight excluding hydrogens is 507 g/mol. The number of ether oxygens (including phenoxy) is 1. The normalized spacial score (nSPS) is 11.6. The van der Waals surface area contributed by atoms with Crippen molar-refractivity contribution in [3.63, 3.8) is 0 Å². The van der Waals surface area contributed by atoms with Gasteiger partial charge in [-0.2, -0.15) is 13.2 Å². The van der Waals surface area contributed by atoms with Gasteiger partial charge in [0.05, 0.1) is 24.5 Å². The first kappa shape index (κ1) is 26.0. The highest BCUT2D eigenvalue weighted by Gasteiger charge is 2.36. The first-order valence-corrected chi connectivity index (χ1v) is 12.0. The molecule has 0 radical (unpaired) electrons. The summed E-state index contributed by atoms with van der Waals surface area (Å²) >= 11 is 0. The van der Waals surface area contributed by atoms with Crippen molar-refractivity contribution < 1.29 is 17.9 Å². The second kappa shape index (κ2) is 10.2. The maximum Gasteiger partial charge on any atom is 0.449 e. The van der Waals surface area contributed by atoms with E-state index < -0.39 is 12.0 Å². The Morgan fingerprint density at radius 2 is 1.77 bits per heavy atom. The SMILES string of the molecule is COc1ccc(CN(C)c2cc3ncc(-c4cc(Nc5cn(C)c(C(F)(F)F)n5)cnc4C)cc3cn2)cc1. The number of hydrogen-bond acceptors (Lipinski definition) is 7. The number of aromatic nitrogens is 5. The molecule has 0 aliphatic rings. The molecule has 0 unspecified atom stereocenters. The molecule has 0 amide bonds. The Labute approximate surface area is 223 Å². The predicted molar refractivity (Wildman–Crippen MR) is 144 cm³/mol. The van der Waals surface area contributed by atoms with E-state index in [0.717, 1.165) is 49.4 Å². The summed E-state index contributed by atoms with van der Waals surface area (Å²) in [4.78, 5) is 19.4. The van der Waals surface area contributed by atoms with Crippen molar-refractivity contribution in [2.45, 2.75) is 19.6 Å². The summed E-state index contributed by atoms with van der Waals surface area (Å²) in [5.41, 5.74) is 4.79. The van der Waals surface area contributed by atoms with Crippen molar-refractivity contribution in [1.82, 2.24) is 24.5 Å². The van der Waals surface area contributed by atoms with Gasteiger partial charge in [-0.25, -0.2) is 9.97 Å². The number of aryl methyl sites for hydroxylation is 2. The van der Waals surface area contributed by atoms with Crippen molar-refractivity contribution in [2.75, 3.05) is 24.4 Å². The van der Waals surface area contributed by atoms with E-state index in [-0.39, 0.29) is 5.82 Å². The number of halogens is 3. The summed E-state index contributed by atoms with van der Waals surface area (Å²) < 4.78 is 45.5. The van der Waals surface area contributed by atoms with Gasteiger partial charge in [-0.05, 0) is 36.8 Å². The molecule has 200 valence electrons. The highest BCUT2D eigenvalue weighted by molar-refractivity contribution is 5.85. The Kier molecular flexibility index (Phi) is 6.81. The van der Waals surface area contributed by atoms with Crippen LogP contribution >= 0.6 is 0 Å². The lowest BCUT2D eigenvalue weighted by Gasteiger charge is -2.19. The highest BCUT2D eigenvalue weighted by atomic mass is 19.4. The number of methoxy groups -OCH3 is 1. The molecule has 4 aromatic heterocycles. The van der Waals surface area contributed by atoms with Crippen molar-refractivity contribution in [3.05, 3.63) is 84.3 Å². The van der Waals surface area contributed by atoms with Crippen LogP contribution < -0.4 is 15.0 Å². The molecule has 0 atom stereocenters. The standard InChI is InChI=1S/C28H26F3N7O/c1-17-23(10-21(14-32-17)35-25-16-38(3)27(36-25)28(29,30)31)19-9-20-13-34-26(11-24(20)33-12-19)37(2)15-18-5-7-22(39-4)8-6-18/h5-14,16,35H,15H2,1-4H3. The average Bonchev–Trinajstić information content (AvgIpc) is 3.30. The molecule has 0 bridgehead atoms. The number of pyridine rings is 3. The fraction of sp³-hybridized carbons (Fsp3) is 0.214. The number of hydrogen-bond donors (Lipinski definition) is 1. The van der Waals surface area contributed by atoms with Crippen molar-refractivity contribution in [2.24, 2.45) is 7.05 Å². The van der Waals surface area contributed by atoms with Gasteiger partial charge in [0.1, 0.15) is 17.4 Å². The van der Waals surface area contributed by atoms with Crippen LogP contribution in [-0.2, 0) is 19.8 Å². The predicted octanol–water partition coefficient (Wildman–Crippen LogP) is 6.14. The zero-order valence-corrected chi connectivity index (χ0v) is 21.8. The lowest BCUT2D eigenvalue weighted by Crippen LogP contribution is -2.17. The molecule has 0 fully saturated rings. The summed E-state index contributed by atoms with van der Waals surface area (Å²) in [6.07, 6.45) is 1.84. The third kappa shape index (κ3) is 5.62. The van der Waals surface area contributed by atoms with E-state index in [1.165, 1.54) is 13.2 Å². The van der Waals surface area contributed by atoms with E-state index in [1.807, 2.05) is 61.3 Å². The van der Waals surface area contributed by atoms with Gasteiger partial charge < -0.3 is 19.5 Å². The lowest BCUT2D eigenvalue weighted by atomic mass is 10.0. The molecule has 0 saturated heterocycles. The third-order valence-electron chi connectivity index (χ3n) is 6.32. The van der Waals surface area contributed by atoms with E-state index in [0.29, 0.717) is 12.2 Å². The largest absolute Gasteiger partial charge is 0.497 e. The van der Waals surface area contributed by atoms with Gasteiger partial charge in [0.15, 0.2) is 0 Å². The van der Waals surface area contributed by atoms with Crippen LogP contribution in [0.3, 0.4) is 0 Å². The van der Waals surface area contributed by atoms with Gasteiger partial charge in [0.25, 0.3) is 0 Å². The number of alkyl halides is 3. The summed E-state index contributed by atoms with van der Waals surface area (Å²) in [6.45, 7) is 2.54. The number of nitrogens with one attached hydrogen (secondary N) is 1. The van der Waals surface area contributed by atoms with Crippen LogP contribution in [-0.4, -0.2) is 38.7 Å². The first-order chi connectivity index (χ1) is 18.6. The molecule has 5 rings (SSSR count). The third-order valence-corrected chi connectivity index (χ3v) is 6.32. The Balaban J connectivity index is 1.37. The maximum absolute atomic E-state index is 13.1. The van der Waals surface area contributed by atoms with Gasteiger partial charge in [-0.15, -0.1) is 0 Å². The van der Waals surface area contributed by atoms with Gasteiger partial charge >= 0.3 is 6.18 Å². The minimum absolute atomic E-state index is 0.0774. The minimum Gasteiger partial charge on any atom is -0.497 e. The molecule has 0 aliphatic heterocycles. The minimum atomic E-state index is -4.54. The monoisotopic (exact) mass is 533 g/mol. The number of imidazole rings is 1. The van der Waals surface area contributed by atoms with E-state index in [2.05, 4.69) is 25.3 Å². The van der Waals surface area contributed by atoms with E-state index in [1.54, 1.807) is 25.7 Å². The Hall–Kier alpha value is -4.67. The van der Waals surface area contributed by atoms with Gasteiger partial charge in [0.2, 0.25) is 5.82 Å². The van der Waals surface area contributed by atoms with Crippen LogP contribution in [0.25, 0.3) is 22.0 Å². The molecule has 39 heavy (non-hydrogen) atoms. The zero-order valence-electron chi connectivity index (χ0n) is 21.8. The Morgan fingerprint density at radius 1 is 1.00 bits per heavy atom. The van der Waals surface area contributed by atoms with Gasteiger partial charge in [-0.3, -0.25) is 9.97 Å². The molecule has 0 aliphatic carbocycles. The van der Waals surface area contributed by atoms with Crippen LogP contribution in [0.4, 0.5) is 30.5 Å². The molecule has 1 aromatic carbocycles. The number of benzene rings is 1. The molecule has 1 N–H and O–H groups in total. The Bertz CT molecular complexity index is 1630. The van der Waals surface area contributed by atoms with Crippen molar-refractivity contribution in [3.8, 4) is 16.9 Å². The first-order valence-electron chi connectivity index (χ1n) is 12.0. The van der Waals surface area contributed by atoms with Crippen LogP contribution in [0, 0.1) is 6.92 Å². The molecule has 11 heteroatoms. The van der Waals surface area contributed by atoms with E-state index in [9.17, 15) is 13.2 Å².